The Hall–Kier alpha value is -0.340. The van der Waals surface area contributed by atoms with Crippen LogP contribution in [0.5, 0.6) is 0 Å². The third-order valence-electron chi connectivity index (χ3n) is 3.70. The van der Waals surface area contributed by atoms with Gasteiger partial charge in [0.15, 0.2) is 0 Å². The van der Waals surface area contributed by atoms with Crippen molar-refractivity contribution in [2.24, 2.45) is 11.3 Å². The van der Waals surface area contributed by atoms with Gasteiger partial charge in [-0.15, -0.1) is 11.3 Å². The standard InChI is InChI=1S/C14H23NS/c1-4-14(2,3)10-15-13(11-7-8-11)12-6-5-9-16-12/h5-6,9,11,13,15H,4,7-8,10H2,1-3H3. The molecule has 0 amide bonds. The van der Waals surface area contributed by atoms with E-state index in [-0.39, 0.29) is 0 Å². The third kappa shape index (κ3) is 3.08. The van der Waals surface area contributed by atoms with Gasteiger partial charge in [-0.1, -0.05) is 26.8 Å². The monoisotopic (exact) mass is 237 g/mol. The zero-order chi connectivity index (χ0) is 11.6. The highest BCUT2D eigenvalue weighted by Gasteiger charge is 2.33. The predicted molar refractivity (Wildman–Crippen MR) is 71.9 cm³/mol. The van der Waals surface area contributed by atoms with Crippen LogP contribution in [0.3, 0.4) is 0 Å². The first-order chi connectivity index (χ1) is 7.62. The molecule has 1 atom stereocenters. The molecule has 90 valence electrons. The molecule has 1 saturated carbocycles. The summed E-state index contributed by atoms with van der Waals surface area (Å²) in [6.07, 6.45) is 4.05. The Kier molecular flexibility index (Phi) is 3.70. The number of rotatable bonds is 6. The summed E-state index contributed by atoms with van der Waals surface area (Å²) in [6.45, 7) is 8.10. The lowest BCUT2D eigenvalue weighted by atomic mass is 9.90. The molecule has 16 heavy (non-hydrogen) atoms. The van der Waals surface area contributed by atoms with E-state index >= 15 is 0 Å². The molecule has 1 unspecified atom stereocenters. The molecule has 1 N–H and O–H groups in total. The van der Waals surface area contributed by atoms with Crippen LogP contribution in [0, 0.1) is 11.3 Å². The first-order valence-electron chi connectivity index (χ1n) is 6.39. The largest absolute Gasteiger partial charge is 0.308 e. The molecule has 0 spiro atoms. The van der Waals surface area contributed by atoms with Crippen LogP contribution in [0.15, 0.2) is 17.5 Å². The van der Waals surface area contributed by atoms with E-state index in [1.807, 2.05) is 11.3 Å². The molecule has 0 bridgehead atoms. The second-order valence-corrected chi connectivity index (χ2v) is 6.71. The van der Waals surface area contributed by atoms with Crippen molar-refractivity contribution in [1.29, 1.82) is 0 Å². The Bertz CT molecular complexity index is 311. The number of hydrogen-bond acceptors (Lipinski definition) is 2. The molecule has 0 saturated heterocycles. The predicted octanol–water partition coefficient (Wildman–Crippen LogP) is 4.23. The summed E-state index contributed by atoms with van der Waals surface area (Å²) in [7, 11) is 0. The molecule has 2 rings (SSSR count). The van der Waals surface area contributed by atoms with E-state index in [1.54, 1.807) is 0 Å². The molecule has 1 aliphatic rings. The molecular weight excluding hydrogens is 214 g/mol. The van der Waals surface area contributed by atoms with E-state index in [2.05, 4.69) is 43.6 Å². The molecule has 2 heteroatoms. The van der Waals surface area contributed by atoms with Gasteiger partial charge in [0.1, 0.15) is 0 Å². The molecule has 1 aliphatic carbocycles. The molecule has 1 aromatic heterocycles. The minimum Gasteiger partial charge on any atom is -0.308 e. The number of thiophene rings is 1. The van der Waals surface area contributed by atoms with E-state index in [0.29, 0.717) is 11.5 Å². The smallest absolute Gasteiger partial charge is 0.0443 e. The zero-order valence-electron chi connectivity index (χ0n) is 10.6. The highest BCUT2D eigenvalue weighted by atomic mass is 32.1. The summed E-state index contributed by atoms with van der Waals surface area (Å²) < 4.78 is 0. The summed E-state index contributed by atoms with van der Waals surface area (Å²) in [5.41, 5.74) is 0.421. The summed E-state index contributed by atoms with van der Waals surface area (Å²) in [4.78, 5) is 1.52. The van der Waals surface area contributed by atoms with E-state index in [4.69, 9.17) is 0 Å². The lowest BCUT2D eigenvalue weighted by Crippen LogP contribution is -2.32. The number of hydrogen-bond donors (Lipinski definition) is 1. The van der Waals surface area contributed by atoms with Gasteiger partial charge in [0.05, 0.1) is 0 Å². The van der Waals surface area contributed by atoms with Gasteiger partial charge in [-0.05, 0) is 42.0 Å². The van der Waals surface area contributed by atoms with Crippen molar-refractivity contribution in [2.75, 3.05) is 6.54 Å². The van der Waals surface area contributed by atoms with E-state index in [1.165, 1.54) is 24.1 Å². The average molecular weight is 237 g/mol. The molecule has 1 nitrogen and oxygen atoms in total. The fraction of sp³-hybridized carbons (Fsp3) is 0.714. The van der Waals surface area contributed by atoms with Crippen molar-refractivity contribution in [3.05, 3.63) is 22.4 Å². The Labute approximate surface area is 103 Å². The highest BCUT2D eigenvalue weighted by molar-refractivity contribution is 7.10. The maximum Gasteiger partial charge on any atom is 0.0443 e. The van der Waals surface area contributed by atoms with Crippen LogP contribution in [0.2, 0.25) is 0 Å². The van der Waals surface area contributed by atoms with Crippen LogP contribution < -0.4 is 5.32 Å². The minimum absolute atomic E-state index is 0.421. The summed E-state index contributed by atoms with van der Waals surface area (Å²) >= 11 is 1.90. The molecule has 0 radical (unpaired) electrons. The summed E-state index contributed by atoms with van der Waals surface area (Å²) in [5, 5.41) is 5.98. The molecular formula is C14H23NS. The van der Waals surface area contributed by atoms with Crippen LogP contribution in [-0.2, 0) is 0 Å². The molecule has 0 aromatic carbocycles. The SMILES string of the molecule is CCC(C)(C)CNC(c1cccs1)C1CC1. The maximum absolute atomic E-state index is 3.79. The normalized spacial score (nSPS) is 18.7. The van der Waals surface area contributed by atoms with Crippen molar-refractivity contribution in [1.82, 2.24) is 5.32 Å². The van der Waals surface area contributed by atoms with Crippen molar-refractivity contribution in [3.8, 4) is 0 Å². The van der Waals surface area contributed by atoms with Crippen LogP contribution in [-0.4, -0.2) is 6.54 Å². The van der Waals surface area contributed by atoms with Crippen LogP contribution in [0.25, 0.3) is 0 Å². The maximum atomic E-state index is 3.79. The van der Waals surface area contributed by atoms with Gasteiger partial charge in [0, 0.05) is 17.5 Å². The summed E-state index contributed by atoms with van der Waals surface area (Å²) in [6, 6.07) is 5.06. The molecule has 1 heterocycles. The van der Waals surface area contributed by atoms with Crippen LogP contribution in [0.1, 0.15) is 51.0 Å². The van der Waals surface area contributed by atoms with Gasteiger partial charge in [-0.25, -0.2) is 0 Å². The lowest BCUT2D eigenvalue weighted by Gasteiger charge is -2.27. The van der Waals surface area contributed by atoms with Gasteiger partial charge in [0.2, 0.25) is 0 Å². The van der Waals surface area contributed by atoms with Gasteiger partial charge >= 0.3 is 0 Å². The van der Waals surface area contributed by atoms with Gasteiger partial charge < -0.3 is 5.32 Å². The second kappa shape index (κ2) is 4.89. The van der Waals surface area contributed by atoms with Crippen molar-refractivity contribution in [2.45, 2.75) is 46.1 Å². The average Bonchev–Trinajstić information content (AvgIpc) is 2.94. The number of nitrogens with one attached hydrogen (secondary N) is 1. The third-order valence-corrected chi connectivity index (χ3v) is 4.66. The van der Waals surface area contributed by atoms with E-state index in [0.717, 1.165) is 12.5 Å². The van der Waals surface area contributed by atoms with Crippen molar-refractivity contribution >= 4 is 11.3 Å². The Morgan fingerprint density at radius 1 is 1.50 bits per heavy atom. The second-order valence-electron chi connectivity index (χ2n) is 5.73. The quantitative estimate of drug-likeness (QED) is 0.781. The fourth-order valence-electron chi connectivity index (χ4n) is 1.91. The van der Waals surface area contributed by atoms with Crippen molar-refractivity contribution < 1.29 is 0 Å². The summed E-state index contributed by atoms with van der Waals surface area (Å²) in [5.74, 6) is 0.895. The molecule has 0 aliphatic heterocycles. The van der Waals surface area contributed by atoms with E-state index < -0.39 is 0 Å². The van der Waals surface area contributed by atoms with Crippen molar-refractivity contribution in [3.63, 3.8) is 0 Å². The van der Waals surface area contributed by atoms with E-state index in [9.17, 15) is 0 Å². The fourth-order valence-corrected chi connectivity index (χ4v) is 2.80. The first kappa shape index (κ1) is 12.1. The Morgan fingerprint density at radius 2 is 2.25 bits per heavy atom. The van der Waals surface area contributed by atoms with Gasteiger partial charge in [-0.3, -0.25) is 0 Å². The lowest BCUT2D eigenvalue weighted by molar-refractivity contribution is 0.302. The zero-order valence-corrected chi connectivity index (χ0v) is 11.4. The molecule has 1 aromatic rings. The minimum atomic E-state index is 0.421. The molecule has 1 fully saturated rings. The van der Waals surface area contributed by atoms with Crippen LogP contribution >= 0.6 is 11.3 Å². The van der Waals surface area contributed by atoms with Gasteiger partial charge in [0.25, 0.3) is 0 Å². The van der Waals surface area contributed by atoms with Gasteiger partial charge in [-0.2, -0.15) is 0 Å². The topological polar surface area (TPSA) is 12.0 Å². The highest BCUT2D eigenvalue weighted by Crippen LogP contribution is 2.42. The Morgan fingerprint density at radius 3 is 2.75 bits per heavy atom. The van der Waals surface area contributed by atoms with Crippen LogP contribution in [0.4, 0.5) is 0 Å². The first-order valence-corrected chi connectivity index (χ1v) is 7.27. The Balaban J connectivity index is 1.94.